The number of amides is 1. The molecule has 0 spiro atoms. The van der Waals surface area contributed by atoms with Crippen molar-refractivity contribution >= 4 is 17.6 Å². The molecule has 3 N–H and O–H groups in total. The molecular formula is C21H17FN2O5. The average Bonchev–Trinajstić information content (AvgIpc) is 3.07. The number of hydrogen-bond acceptors (Lipinski definition) is 4. The smallest absolute Gasteiger partial charge is 0.339 e. The van der Waals surface area contributed by atoms with Crippen molar-refractivity contribution in [1.29, 1.82) is 0 Å². The molecule has 0 saturated carbocycles. The summed E-state index contributed by atoms with van der Waals surface area (Å²) in [6.07, 6.45) is 1.43. The minimum absolute atomic E-state index is 0.0523. The number of phenols is 1. The number of phenolic OH excluding ortho intramolecular Hbond substituents is 1. The summed E-state index contributed by atoms with van der Waals surface area (Å²) in [5.74, 6) is -2.36. The van der Waals surface area contributed by atoms with Crippen molar-refractivity contribution in [3.8, 4) is 17.2 Å². The Kier molecular flexibility index (Phi) is 4.46. The van der Waals surface area contributed by atoms with Gasteiger partial charge < -0.3 is 24.8 Å². The normalized spacial score (nSPS) is 15.5. The minimum atomic E-state index is -1.21. The van der Waals surface area contributed by atoms with E-state index in [-0.39, 0.29) is 35.1 Å². The summed E-state index contributed by atoms with van der Waals surface area (Å²) in [5.41, 5.74) is 1.69. The van der Waals surface area contributed by atoms with Crippen molar-refractivity contribution in [2.24, 2.45) is 0 Å². The van der Waals surface area contributed by atoms with Crippen LogP contribution in [0.3, 0.4) is 0 Å². The number of aromatic nitrogens is 1. The number of aromatic hydroxyl groups is 1. The van der Waals surface area contributed by atoms with Crippen molar-refractivity contribution in [1.82, 2.24) is 4.57 Å². The first kappa shape index (κ1) is 18.5. The number of methoxy groups -OCH3 is 1. The second kappa shape index (κ2) is 6.97. The average molecular weight is 396 g/mol. The molecule has 1 amide bonds. The molecule has 148 valence electrons. The zero-order chi connectivity index (χ0) is 20.7. The maximum atomic E-state index is 13.8. The van der Waals surface area contributed by atoms with Gasteiger partial charge >= 0.3 is 5.97 Å². The molecule has 1 aliphatic rings. The predicted molar refractivity (Wildman–Crippen MR) is 102 cm³/mol. The van der Waals surface area contributed by atoms with Gasteiger partial charge in [0, 0.05) is 24.2 Å². The Morgan fingerprint density at radius 3 is 2.76 bits per heavy atom. The third kappa shape index (κ3) is 3.18. The summed E-state index contributed by atoms with van der Waals surface area (Å²) in [6.45, 7) is 0. The molecule has 1 aromatic heterocycles. The van der Waals surface area contributed by atoms with Crippen LogP contribution in [0.2, 0.25) is 0 Å². The van der Waals surface area contributed by atoms with Crippen molar-refractivity contribution in [3.63, 3.8) is 0 Å². The lowest BCUT2D eigenvalue weighted by Crippen LogP contribution is -2.25. The lowest BCUT2D eigenvalue weighted by molar-refractivity contribution is -0.116. The van der Waals surface area contributed by atoms with Crippen molar-refractivity contribution in [3.05, 3.63) is 71.3 Å². The Morgan fingerprint density at radius 1 is 1.28 bits per heavy atom. The maximum absolute atomic E-state index is 13.8. The van der Waals surface area contributed by atoms with Crippen LogP contribution >= 0.6 is 0 Å². The van der Waals surface area contributed by atoms with E-state index in [1.807, 2.05) is 0 Å². The van der Waals surface area contributed by atoms with Gasteiger partial charge in [0.1, 0.15) is 11.4 Å². The number of rotatable bonds is 4. The summed E-state index contributed by atoms with van der Waals surface area (Å²) >= 11 is 0. The van der Waals surface area contributed by atoms with Gasteiger partial charge in [-0.2, -0.15) is 0 Å². The summed E-state index contributed by atoms with van der Waals surface area (Å²) in [4.78, 5) is 24.1. The third-order valence-corrected chi connectivity index (χ3v) is 4.95. The molecule has 8 heteroatoms. The van der Waals surface area contributed by atoms with Gasteiger partial charge in [0.15, 0.2) is 11.5 Å². The number of nitrogens with one attached hydrogen (secondary N) is 1. The highest BCUT2D eigenvalue weighted by atomic mass is 19.1. The van der Waals surface area contributed by atoms with Gasteiger partial charge in [0.2, 0.25) is 5.91 Å². The van der Waals surface area contributed by atoms with Crippen LogP contribution in [0, 0.1) is 5.82 Å². The van der Waals surface area contributed by atoms with E-state index in [0.29, 0.717) is 16.9 Å². The first-order chi connectivity index (χ1) is 13.9. The summed E-state index contributed by atoms with van der Waals surface area (Å²) in [5, 5.41) is 22.2. The van der Waals surface area contributed by atoms with Crippen LogP contribution in [0.5, 0.6) is 11.5 Å². The number of anilines is 1. The van der Waals surface area contributed by atoms with Crippen LogP contribution in [-0.4, -0.2) is 33.8 Å². The molecular weight excluding hydrogens is 379 g/mol. The number of nitrogens with zero attached hydrogens (tertiary/aromatic N) is 1. The Hall–Kier alpha value is -3.81. The molecule has 3 aromatic rings. The molecule has 0 aliphatic carbocycles. The van der Waals surface area contributed by atoms with E-state index in [4.69, 9.17) is 4.74 Å². The fraction of sp³-hybridized carbons (Fsp3) is 0.143. The molecule has 0 radical (unpaired) electrons. The van der Waals surface area contributed by atoms with Crippen LogP contribution in [0.4, 0.5) is 10.1 Å². The quantitative estimate of drug-likeness (QED) is 0.627. The number of carboxylic acid groups (broad SMARTS) is 1. The number of hydrogen-bond donors (Lipinski definition) is 3. The highest BCUT2D eigenvalue weighted by Crippen LogP contribution is 2.43. The van der Waals surface area contributed by atoms with Gasteiger partial charge in [-0.15, -0.1) is 0 Å². The van der Waals surface area contributed by atoms with E-state index in [1.54, 1.807) is 22.8 Å². The summed E-state index contributed by atoms with van der Waals surface area (Å²) in [7, 11) is 1.41. The van der Waals surface area contributed by atoms with Crippen molar-refractivity contribution in [2.45, 2.75) is 12.3 Å². The first-order valence-electron chi connectivity index (χ1n) is 8.80. The van der Waals surface area contributed by atoms with Gasteiger partial charge in [0.25, 0.3) is 0 Å². The zero-order valence-corrected chi connectivity index (χ0v) is 15.3. The number of carbonyl (C=O) groups excluding carboxylic acids is 1. The van der Waals surface area contributed by atoms with Crippen molar-refractivity contribution < 1.29 is 28.9 Å². The number of benzene rings is 2. The molecule has 29 heavy (non-hydrogen) atoms. The van der Waals surface area contributed by atoms with Gasteiger partial charge in [-0.1, -0.05) is 12.1 Å². The second-order valence-corrected chi connectivity index (χ2v) is 6.69. The van der Waals surface area contributed by atoms with E-state index in [2.05, 4.69) is 5.32 Å². The van der Waals surface area contributed by atoms with Crippen LogP contribution in [0.25, 0.3) is 5.69 Å². The number of aromatic carboxylic acids is 1. The molecule has 4 rings (SSSR count). The van der Waals surface area contributed by atoms with Crippen LogP contribution in [0.1, 0.15) is 34.0 Å². The number of carboxylic acids is 1. The number of halogens is 1. The first-order valence-corrected chi connectivity index (χ1v) is 8.80. The molecule has 2 aromatic carbocycles. The lowest BCUT2D eigenvalue weighted by Gasteiger charge is -2.26. The molecule has 1 aliphatic heterocycles. The van der Waals surface area contributed by atoms with Crippen LogP contribution in [0.15, 0.2) is 48.7 Å². The van der Waals surface area contributed by atoms with E-state index >= 15 is 0 Å². The standard InChI is InChI=1S/C21H17FN2O5/c1-29-17-7-11(5-6-16(17)25)14-9-18(26)23-19-15(21(27)28)10-24(20(14)19)13-4-2-3-12(22)8-13/h2-8,10,14,25H,9H2,1H3,(H,23,26)(H,27,28)/t14-/m0/s1. The fourth-order valence-electron chi connectivity index (χ4n) is 3.66. The Balaban J connectivity index is 1.97. The van der Waals surface area contributed by atoms with Gasteiger partial charge in [-0.05, 0) is 35.9 Å². The van der Waals surface area contributed by atoms with E-state index in [9.17, 15) is 24.2 Å². The summed E-state index contributed by atoms with van der Waals surface area (Å²) in [6, 6.07) is 10.5. The van der Waals surface area contributed by atoms with Crippen LogP contribution < -0.4 is 10.1 Å². The highest BCUT2D eigenvalue weighted by Gasteiger charge is 2.34. The van der Waals surface area contributed by atoms with E-state index < -0.39 is 17.7 Å². The van der Waals surface area contributed by atoms with Gasteiger partial charge in [0.05, 0.1) is 18.5 Å². The van der Waals surface area contributed by atoms with Gasteiger partial charge in [-0.25, -0.2) is 9.18 Å². The van der Waals surface area contributed by atoms with E-state index in [0.717, 1.165) is 0 Å². The molecule has 0 unspecified atom stereocenters. The molecule has 0 bridgehead atoms. The molecule has 2 heterocycles. The van der Waals surface area contributed by atoms with Crippen molar-refractivity contribution in [2.75, 3.05) is 12.4 Å². The molecule has 0 saturated heterocycles. The highest BCUT2D eigenvalue weighted by molar-refractivity contribution is 6.04. The van der Waals surface area contributed by atoms with Crippen LogP contribution in [-0.2, 0) is 4.79 Å². The Labute approximate surface area is 165 Å². The molecule has 0 fully saturated rings. The summed E-state index contributed by atoms with van der Waals surface area (Å²) < 4.78 is 20.6. The molecule has 1 atom stereocenters. The Bertz CT molecular complexity index is 1140. The fourth-order valence-corrected chi connectivity index (χ4v) is 3.66. The second-order valence-electron chi connectivity index (χ2n) is 6.69. The monoisotopic (exact) mass is 396 g/mol. The SMILES string of the molecule is COc1cc([C@@H]2CC(=O)Nc3c(C(=O)O)cn(-c4cccc(F)c4)c32)ccc1O. The maximum Gasteiger partial charge on any atom is 0.339 e. The number of fused-ring (bicyclic) bond motifs is 1. The zero-order valence-electron chi connectivity index (χ0n) is 15.3. The predicted octanol–water partition coefficient (Wildman–Crippen LogP) is 3.50. The molecule has 7 nitrogen and oxygen atoms in total. The topological polar surface area (TPSA) is 101 Å². The Morgan fingerprint density at radius 2 is 2.07 bits per heavy atom. The van der Waals surface area contributed by atoms with E-state index in [1.165, 1.54) is 37.6 Å². The minimum Gasteiger partial charge on any atom is -0.504 e. The third-order valence-electron chi connectivity index (χ3n) is 4.95. The number of ether oxygens (including phenoxy) is 1. The lowest BCUT2D eigenvalue weighted by atomic mass is 9.88. The number of carbonyl (C=O) groups is 2. The largest absolute Gasteiger partial charge is 0.504 e. The van der Waals surface area contributed by atoms with Gasteiger partial charge in [-0.3, -0.25) is 4.79 Å².